The van der Waals surface area contributed by atoms with Crippen molar-refractivity contribution in [2.75, 3.05) is 6.26 Å². The molecule has 104 valence electrons. The Kier molecular flexibility index (Phi) is 6.21. The fourth-order valence-electron chi connectivity index (χ4n) is 1.29. The largest absolute Gasteiger partial charge is 0.289 e. The summed E-state index contributed by atoms with van der Waals surface area (Å²) < 4.78 is 24.3. The van der Waals surface area contributed by atoms with Gasteiger partial charge in [-0.3, -0.25) is 9.52 Å². The van der Waals surface area contributed by atoms with E-state index in [1.54, 1.807) is 26.0 Å². The van der Waals surface area contributed by atoms with E-state index in [-0.39, 0.29) is 11.4 Å². The average Bonchev–Trinajstić information content (AvgIpc) is 2.24. The number of nitrogens with one attached hydrogen (secondary N) is 1. The average molecular weight is 281 g/mol. The summed E-state index contributed by atoms with van der Waals surface area (Å²) in [5.74, 6) is -0.327. The first kappa shape index (κ1) is 17.1. The van der Waals surface area contributed by atoms with Gasteiger partial charge in [-0.25, -0.2) is 8.42 Å². The summed E-state index contributed by atoms with van der Waals surface area (Å²) in [5.41, 5.74) is 1.18. The molecule has 0 bridgehead atoms. The molecule has 0 radical (unpaired) electrons. The molecule has 0 aliphatic rings. The summed E-state index contributed by atoms with van der Waals surface area (Å²) >= 11 is 0. The van der Waals surface area contributed by atoms with Gasteiger partial charge in [0.05, 0.1) is 6.26 Å². The molecule has 0 aliphatic heterocycles. The molecule has 0 aromatic rings. The second-order valence-corrected chi connectivity index (χ2v) is 5.81. The van der Waals surface area contributed by atoms with Crippen molar-refractivity contribution in [1.82, 2.24) is 4.72 Å². The third kappa shape index (κ3) is 6.57. The highest BCUT2D eigenvalue weighted by Gasteiger charge is 2.11. The lowest BCUT2D eigenvalue weighted by Gasteiger charge is -2.07. The Labute approximate surface area is 115 Å². The Bertz CT molecular complexity index is 578. The summed E-state index contributed by atoms with van der Waals surface area (Å²) in [7, 11) is -3.34. The minimum Gasteiger partial charge on any atom is -0.289 e. The van der Waals surface area contributed by atoms with Crippen molar-refractivity contribution >= 4 is 15.8 Å². The SMILES string of the molecule is C=C(/C=C\C)C(=O)C(=C)C(=C)/C=C(\C)NS(C)(=O)=O. The molecule has 0 rings (SSSR count). The highest BCUT2D eigenvalue weighted by atomic mass is 32.2. The van der Waals surface area contributed by atoms with E-state index in [9.17, 15) is 13.2 Å². The third-order valence-corrected chi connectivity index (χ3v) is 2.75. The minimum atomic E-state index is -3.34. The third-order valence-electron chi connectivity index (χ3n) is 2.06. The van der Waals surface area contributed by atoms with Gasteiger partial charge in [0.2, 0.25) is 10.0 Å². The highest BCUT2D eigenvalue weighted by Crippen LogP contribution is 2.14. The van der Waals surface area contributed by atoms with Crippen LogP contribution >= 0.6 is 0 Å². The van der Waals surface area contributed by atoms with Gasteiger partial charge >= 0.3 is 0 Å². The lowest BCUT2D eigenvalue weighted by atomic mass is 9.99. The van der Waals surface area contributed by atoms with E-state index < -0.39 is 10.0 Å². The maximum Gasteiger partial charge on any atom is 0.229 e. The van der Waals surface area contributed by atoms with Gasteiger partial charge in [-0.1, -0.05) is 31.9 Å². The quantitative estimate of drug-likeness (QED) is 0.575. The van der Waals surface area contributed by atoms with Crippen molar-refractivity contribution in [3.8, 4) is 0 Å². The summed E-state index contributed by atoms with van der Waals surface area (Å²) in [6.45, 7) is 14.3. The van der Waals surface area contributed by atoms with Crippen LogP contribution in [0, 0.1) is 0 Å². The van der Waals surface area contributed by atoms with Crippen molar-refractivity contribution in [3.63, 3.8) is 0 Å². The van der Waals surface area contributed by atoms with Crippen LogP contribution in [0.5, 0.6) is 0 Å². The number of allylic oxidation sites excluding steroid dienone is 7. The van der Waals surface area contributed by atoms with Gasteiger partial charge < -0.3 is 0 Å². The molecule has 5 heteroatoms. The van der Waals surface area contributed by atoms with E-state index in [0.29, 0.717) is 16.8 Å². The standard InChI is InChI=1S/C14H19NO3S/c1-7-8-10(2)14(16)13(5)11(3)9-12(4)15-19(6,17)18/h7-9,15H,2-3,5H2,1,4,6H3/b8-7-,12-9+. The molecular weight excluding hydrogens is 262 g/mol. The first-order valence-corrected chi connectivity index (χ1v) is 7.38. The van der Waals surface area contributed by atoms with E-state index >= 15 is 0 Å². The number of rotatable bonds is 7. The van der Waals surface area contributed by atoms with Crippen molar-refractivity contribution < 1.29 is 13.2 Å². The molecule has 19 heavy (non-hydrogen) atoms. The number of carbonyl (C=O) groups excluding carboxylic acids is 1. The van der Waals surface area contributed by atoms with Crippen molar-refractivity contribution in [2.24, 2.45) is 0 Å². The molecule has 0 spiro atoms. The fraction of sp³-hybridized carbons (Fsp3) is 0.214. The number of hydrogen-bond donors (Lipinski definition) is 1. The Morgan fingerprint density at radius 3 is 2.11 bits per heavy atom. The smallest absolute Gasteiger partial charge is 0.229 e. The van der Waals surface area contributed by atoms with Gasteiger partial charge in [-0.15, -0.1) is 0 Å². The summed E-state index contributed by atoms with van der Waals surface area (Å²) in [6.07, 6.45) is 5.76. The Morgan fingerprint density at radius 1 is 1.16 bits per heavy atom. The first-order valence-electron chi connectivity index (χ1n) is 5.49. The Morgan fingerprint density at radius 2 is 1.68 bits per heavy atom. The predicted octanol–water partition coefficient (Wildman–Crippen LogP) is 2.25. The maximum absolute atomic E-state index is 11.9. The number of hydrogen-bond acceptors (Lipinski definition) is 3. The van der Waals surface area contributed by atoms with Crippen molar-refractivity contribution in [1.29, 1.82) is 0 Å². The van der Waals surface area contributed by atoms with Gasteiger partial charge in [0.1, 0.15) is 0 Å². The molecule has 0 aromatic carbocycles. The summed E-state index contributed by atoms with van der Waals surface area (Å²) in [5, 5.41) is 0. The maximum atomic E-state index is 11.9. The van der Waals surface area contributed by atoms with Gasteiger partial charge in [0.15, 0.2) is 5.78 Å². The van der Waals surface area contributed by atoms with Crippen LogP contribution in [0.25, 0.3) is 0 Å². The summed E-state index contributed by atoms with van der Waals surface area (Å²) in [6, 6.07) is 0. The van der Waals surface area contributed by atoms with Crippen LogP contribution in [0.15, 0.2) is 60.4 Å². The molecule has 0 saturated heterocycles. The zero-order valence-electron chi connectivity index (χ0n) is 11.5. The van der Waals surface area contributed by atoms with E-state index in [1.165, 1.54) is 6.08 Å². The monoisotopic (exact) mass is 281 g/mol. The lowest BCUT2D eigenvalue weighted by molar-refractivity contribution is -0.111. The van der Waals surface area contributed by atoms with Crippen LogP contribution in [-0.4, -0.2) is 20.5 Å². The predicted molar refractivity (Wildman–Crippen MR) is 79.0 cm³/mol. The zero-order chi connectivity index (χ0) is 15.2. The van der Waals surface area contributed by atoms with Gasteiger partial charge in [-0.2, -0.15) is 0 Å². The molecule has 4 nitrogen and oxygen atoms in total. The number of Topliss-reactive ketones (excluding diaryl/α,β-unsaturated/α-hetero) is 1. The topological polar surface area (TPSA) is 63.2 Å². The van der Waals surface area contributed by atoms with Gasteiger partial charge in [0.25, 0.3) is 0 Å². The number of sulfonamides is 1. The van der Waals surface area contributed by atoms with E-state index in [1.807, 2.05) is 0 Å². The first-order chi connectivity index (χ1) is 8.58. The van der Waals surface area contributed by atoms with Crippen LogP contribution < -0.4 is 4.72 Å². The van der Waals surface area contributed by atoms with E-state index in [2.05, 4.69) is 24.5 Å². The van der Waals surface area contributed by atoms with E-state index in [4.69, 9.17) is 0 Å². The second kappa shape index (κ2) is 6.89. The molecule has 0 aliphatic carbocycles. The van der Waals surface area contributed by atoms with Gasteiger partial charge in [-0.05, 0) is 25.5 Å². The summed E-state index contributed by atoms with van der Waals surface area (Å²) in [4.78, 5) is 11.9. The molecule has 0 atom stereocenters. The highest BCUT2D eigenvalue weighted by molar-refractivity contribution is 7.88. The number of carbonyl (C=O) groups is 1. The van der Waals surface area contributed by atoms with Crippen molar-refractivity contribution in [2.45, 2.75) is 13.8 Å². The lowest BCUT2D eigenvalue weighted by Crippen LogP contribution is -2.19. The van der Waals surface area contributed by atoms with Gasteiger partial charge in [0, 0.05) is 16.8 Å². The van der Waals surface area contributed by atoms with Crippen LogP contribution in [0.2, 0.25) is 0 Å². The zero-order valence-corrected chi connectivity index (χ0v) is 12.3. The molecular formula is C14H19NO3S. The minimum absolute atomic E-state index is 0.178. The van der Waals surface area contributed by atoms with Crippen molar-refractivity contribution in [3.05, 3.63) is 60.4 Å². The second-order valence-electron chi connectivity index (χ2n) is 4.06. The molecule has 0 heterocycles. The van der Waals surface area contributed by atoms with Crippen LogP contribution in [0.4, 0.5) is 0 Å². The molecule has 0 aromatic heterocycles. The van der Waals surface area contributed by atoms with E-state index in [0.717, 1.165) is 6.26 Å². The molecule has 0 saturated carbocycles. The van der Waals surface area contributed by atoms with Crippen LogP contribution in [0.1, 0.15) is 13.8 Å². The Balaban J connectivity index is 4.95. The fourth-order valence-corrected chi connectivity index (χ4v) is 1.93. The number of ketones is 1. The molecule has 1 N–H and O–H groups in total. The Hall–Kier alpha value is -1.88. The van der Waals surface area contributed by atoms with Crippen LogP contribution in [0.3, 0.4) is 0 Å². The van der Waals surface area contributed by atoms with Crippen LogP contribution in [-0.2, 0) is 14.8 Å². The molecule has 0 amide bonds. The normalized spacial score (nSPS) is 12.3. The molecule has 0 fully saturated rings. The molecule has 0 unspecified atom stereocenters.